The molecule has 0 bridgehead atoms. The van der Waals surface area contributed by atoms with E-state index in [4.69, 9.17) is 0 Å². The van der Waals surface area contributed by atoms with E-state index in [0.29, 0.717) is 11.6 Å². The Balaban J connectivity index is 1.74. The third-order valence-electron chi connectivity index (χ3n) is 6.15. The molecule has 0 aliphatic carbocycles. The molecule has 0 unspecified atom stereocenters. The Labute approximate surface area is 199 Å². The van der Waals surface area contributed by atoms with E-state index in [9.17, 15) is 14.4 Å². The molecule has 6 nitrogen and oxygen atoms in total. The molecule has 6 heteroatoms. The molecular weight excluding hydrogens is 426 g/mol. The molecule has 4 amide bonds. The molecule has 4 rings (SSSR count). The Morgan fingerprint density at radius 2 is 1.44 bits per heavy atom. The second kappa shape index (κ2) is 8.78. The maximum Gasteiger partial charge on any atom is 0.335 e. The maximum absolute atomic E-state index is 13.3. The van der Waals surface area contributed by atoms with Crippen LogP contribution in [0, 0.1) is 27.7 Å². The van der Waals surface area contributed by atoms with Crippen LogP contribution in [0.1, 0.15) is 53.4 Å². The topological polar surface area (TPSA) is 71.4 Å². The van der Waals surface area contributed by atoms with E-state index >= 15 is 0 Å². The number of carbonyl (C=O) groups is 3. The van der Waals surface area contributed by atoms with Crippen molar-refractivity contribution in [1.29, 1.82) is 0 Å². The Kier molecular flexibility index (Phi) is 6.00. The number of urea groups is 1. The molecule has 1 aliphatic heterocycles. The van der Waals surface area contributed by atoms with Crippen molar-refractivity contribution < 1.29 is 14.4 Å². The second-order valence-corrected chi connectivity index (χ2v) is 9.21. The van der Waals surface area contributed by atoms with Crippen molar-refractivity contribution in [1.82, 2.24) is 9.88 Å². The van der Waals surface area contributed by atoms with Crippen LogP contribution < -0.4 is 10.2 Å². The number of imide groups is 2. The minimum Gasteiger partial charge on any atom is -0.318 e. The van der Waals surface area contributed by atoms with Crippen LogP contribution in [0.3, 0.4) is 0 Å². The standard InChI is InChI=1S/C28H29N3O3/c1-16(2)21-7-9-23(10-8-21)30-19(5)14-22(20(30)6)15-25-26(32)29-28(34)31(27(25)33)24-12-17(3)11-18(4)13-24/h7-16H,1-6H3,(H,29,32,34)/b25-15+. The average Bonchev–Trinajstić information content (AvgIpc) is 3.03. The van der Waals surface area contributed by atoms with Gasteiger partial charge in [0.25, 0.3) is 11.8 Å². The lowest BCUT2D eigenvalue weighted by Crippen LogP contribution is -2.54. The highest BCUT2D eigenvalue weighted by atomic mass is 16.2. The summed E-state index contributed by atoms with van der Waals surface area (Å²) in [5.74, 6) is -0.883. The van der Waals surface area contributed by atoms with Gasteiger partial charge < -0.3 is 4.57 Å². The molecule has 0 spiro atoms. The number of aromatic nitrogens is 1. The van der Waals surface area contributed by atoms with E-state index in [1.54, 1.807) is 18.2 Å². The maximum atomic E-state index is 13.3. The van der Waals surface area contributed by atoms with Crippen LogP contribution in [0.5, 0.6) is 0 Å². The first-order valence-electron chi connectivity index (χ1n) is 11.4. The van der Waals surface area contributed by atoms with Crippen LogP contribution >= 0.6 is 0 Å². The summed E-state index contributed by atoms with van der Waals surface area (Å²) < 4.78 is 2.09. The molecule has 1 fully saturated rings. The van der Waals surface area contributed by atoms with Gasteiger partial charge in [0.2, 0.25) is 0 Å². The highest BCUT2D eigenvalue weighted by Crippen LogP contribution is 2.27. The molecule has 34 heavy (non-hydrogen) atoms. The first-order valence-corrected chi connectivity index (χ1v) is 11.4. The number of aryl methyl sites for hydroxylation is 3. The number of hydrogen-bond donors (Lipinski definition) is 1. The Morgan fingerprint density at radius 1 is 0.824 bits per heavy atom. The predicted molar refractivity (Wildman–Crippen MR) is 134 cm³/mol. The van der Waals surface area contributed by atoms with E-state index < -0.39 is 17.8 Å². The van der Waals surface area contributed by atoms with Crippen molar-refractivity contribution in [2.45, 2.75) is 47.5 Å². The number of hydrogen-bond acceptors (Lipinski definition) is 3. The lowest BCUT2D eigenvalue weighted by molar-refractivity contribution is -0.122. The number of barbiturate groups is 1. The summed E-state index contributed by atoms with van der Waals surface area (Å²) in [7, 11) is 0. The zero-order valence-electron chi connectivity index (χ0n) is 20.4. The van der Waals surface area contributed by atoms with Gasteiger partial charge in [-0.05, 0) is 92.3 Å². The van der Waals surface area contributed by atoms with E-state index in [1.807, 2.05) is 39.8 Å². The predicted octanol–water partition coefficient (Wildman–Crippen LogP) is 5.50. The van der Waals surface area contributed by atoms with E-state index in [-0.39, 0.29) is 5.57 Å². The molecule has 1 aliphatic rings. The monoisotopic (exact) mass is 455 g/mol. The van der Waals surface area contributed by atoms with Gasteiger partial charge >= 0.3 is 6.03 Å². The average molecular weight is 456 g/mol. The van der Waals surface area contributed by atoms with Gasteiger partial charge in [0.1, 0.15) is 5.57 Å². The molecule has 0 atom stereocenters. The van der Waals surface area contributed by atoms with Crippen molar-refractivity contribution in [3.05, 3.63) is 87.7 Å². The first kappa shape index (κ1) is 23.2. The first-order chi connectivity index (χ1) is 16.1. The van der Waals surface area contributed by atoms with Gasteiger partial charge in [-0.2, -0.15) is 0 Å². The third-order valence-corrected chi connectivity index (χ3v) is 6.15. The lowest BCUT2D eigenvalue weighted by Gasteiger charge is -2.27. The van der Waals surface area contributed by atoms with Gasteiger partial charge in [0.15, 0.2) is 0 Å². The molecule has 174 valence electrons. The van der Waals surface area contributed by atoms with Crippen molar-refractivity contribution in [2.24, 2.45) is 0 Å². The smallest absolute Gasteiger partial charge is 0.318 e. The highest BCUT2D eigenvalue weighted by molar-refractivity contribution is 6.39. The van der Waals surface area contributed by atoms with E-state index in [1.165, 1.54) is 5.56 Å². The number of benzene rings is 2. The van der Waals surface area contributed by atoms with Crippen molar-refractivity contribution in [3.8, 4) is 5.69 Å². The molecule has 2 heterocycles. The van der Waals surface area contributed by atoms with Crippen LogP contribution in [-0.2, 0) is 9.59 Å². The highest BCUT2D eigenvalue weighted by Gasteiger charge is 2.37. The molecular formula is C28H29N3O3. The third kappa shape index (κ3) is 4.19. The lowest BCUT2D eigenvalue weighted by atomic mass is 10.0. The molecule has 1 aromatic heterocycles. The molecule has 2 aromatic carbocycles. The summed E-state index contributed by atoms with van der Waals surface area (Å²) in [4.78, 5) is 39.6. The van der Waals surface area contributed by atoms with Gasteiger partial charge in [-0.1, -0.05) is 32.0 Å². The Hall–Kier alpha value is -3.93. The van der Waals surface area contributed by atoms with E-state index in [2.05, 4.69) is 48.0 Å². The summed E-state index contributed by atoms with van der Waals surface area (Å²) in [6.45, 7) is 12.0. The largest absolute Gasteiger partial charge is 0.335 e. The normalized spacial score (nSPS) is 15.4. The van der Waals surface area contributed by atoms with Crippen LogP contribution in [-0.4, -0.2) is 22.4 Å². The molecule has 1 N–H and O–H groups in total. The van der Waals surface area contributed by atoms with Gasteiger partial charge in [-0.25, -0.2) is 9.69 Å². The van der Waals surface area contributed by atoms with Crippen LogP contribution in [0.25, 0.3) is 11.8 Å². The van der Waals surface area contributed by atoms with Gasteiger partial charge in [-0.15, -0.1) is 0 Å². The van der Waals surface area contributed by atoms with E-state index in [0.717, 1.165) is 38.7 Å². The summed E-state index contributed by atoms with van der Waals surface area (Å²) >= 11 is 0. The summed E-state index contributed by atoms with van der Waals surface area (Å²) in [5, 5.41) is 2.31. The number of anilines is 1. The van der Waals surface area contributed by atoms with Crippen molar-refractivity contribution in [2.75, 3.05) is 4.90 Å². The summed E-state index contributed by atoms with van der Waals surface area (Å²) in [6.07, 6.45) is 1.57. The zero-order valence-corrected chi connectivity index (χ0v) is 20.4. The quantitative estimate of drug-likeness (QED) is 0.417. The van der Waals surface area contributed by atoms with Gasteiger partial charge in [-0.3, -0.25) is 14.9 Å². The SMILES string of the molecule is Cc1cc(C)cc(N2C(=O)NC(=O)/C(=C\c3cc(C)n(-c4ccc(C(C)C)cc4)c3C)C2=O)c1. The molecule has 1 saturated heterocycles. The van der Waals surface area contributed by atoms with Crippen LogP contribution in [0.2, 0.25) is 0 Å². The minimum atomic E-state index is -0.743. The van der Waals surface area contributed by atoms with Crippen LogP contribution in [0.4, 0.5) is 10.5 Å². The summed E-state index contributed by atoms with van der Waals surface area (Å²) in [6, 6.07) is 15.0. The fraction of sp³-hybridized carbons (Fsp3) is 0.250. The number of carbonyl (C=O) groups excluding carboxylic acids is 3. The van der Waals surface area contributed by atoms with Crippen molar-refractivity contribution in [3.63, 3.8) is 0 Å². The second-order valence-electron chi connectivity index (χ2n) is 9.21. The van der Waals surface area contributed by atoms with Gasteiger partial charge in [0.05, 0.1) is 5.69 Å². The van der Waals surface area contributed by atoms with Crippen LogP contribution in [0.15, 0.2) is 54.1 Å². The molecule has 0 radical (unpaired) electrons. The Morgan fingerprint density at radius 3 is 2.03 bits per heavy atom. The number of rotatable bonds is 4. The zero-order chi connectivity index (χ0) is 24.7. The van der Waals surface area contributed by atoms with Crippen molar-refractivity contribution >= 4 is 29.6 Å². The number of nitrogens with one attached hydrogen (secondary N) is 1. The number of nitrogens with zero attached hydrogens (tertiary/aromatic N) is 2. The fourth-order valence-corrected chi connectivity index (χ4v) is 4.47. The molecule has 0 saturated carbocycles. The van der Waals surface area contributed by atoms with Gasteiger partial charge in [0, 0.05) is 17.1 Å². The Bertz CT molecular complexity index is 1320. The number of amides is 4. The fourth-order valence-electron chi connectivity index (χ4n) is 4.47. The molecule has 3 aromatic rings. The minimum absolute atomic E-state index is 0.0748. The summed E-state index contributed by atoms with van der Waals surface area (Å²) in [5.41, 5.74) is 7.10.